The van der Waals surface area contributed by atoms with Crippen molar-refractivity contribution in [2.45, 2.75) is 0 Å². The number of furan rings is 2. The standard InChI is InChI=1S/C46H28N2O2/c1-2-12-31(13-3-1)47-38-18-7-4-16-36(38)45-39(47)19-11-20-40(45)48(41-21-10-17-35-33-14-5-9-23-43(33)50-46(35)41)32-25-24-29-28-44-37(27-30(29)26-32)34-15-6-8-22-42(34)49-44/h1-28H. The Kier molecular flexibility index (Phi) is 5.63. The molecular formula is C46H28N2O2. The summed E-state index contributed by atoms with van der Waals surface area (Å²) in [6.45, 7) is 0. The van der Waals surface area contributed by atoms with Crippen molar-refractivity contribution >= 4 is 93.5 Å². The molecule has 11 rings (SSSR count). The second-order valence-corrected chi connectivity index (χ2v) is 12.9. The molecule has 0 bridgehead atoms. The summed E-state index contributed by atoms with van der Waals surface area (Å²) in [4.78, 5) is 2.38. The number of para-hydroxylation sites is 5. The van der Waals surface area contributed by atoms with Crippen LogP contribution in [0.4, 0.5) is 17.1 Å². The average molecular weight is 641 g/mol. The predicted molar refractivity (Wildman–Crippen MR) is 208 cm³/mol. The van der Waals surface area contributed by atoms with Crippen molar-refractivity contribution in [3.8, 4) is 5.69 Å². The fourth-order valence-electron chi connectivity index (χ4n) is 7.95. The van der Waals surface area contributed by atoms with Crippen LogP contribution in [-0.2, 0) is 0 Å². The molecule has 8 aromatic carbocycles. The largest absolute Gasteiger partial charge is 0.456 e. The number of hydrogen-bond acceptors (Lipinski definition) is 3. The number of aromatic nitrogens is 1. The van der Waals surface area contributed by atoms with Crippen LogP contribution in [0.5, 0.6) is 0 Å². The molecule has 0 aliphatic carbocycles. The minimum atomic E-state index is 0.855. The van der Waals surface area contributed by atoms with Crippen molar-refractivity contribution in [1.82, 2.24) is 4.57 Å². The number of fused-ring (bicyclic) bond motifs is 10. The summed E-state index contributed by atoms with van der Waals surface area (Å²) >= 11 is 0. The van der Waals surface area contributed by atoms with Crippen LogP contribution in [0.15, 0.2) is 179 Å². The Morgan fingerprint density at radius 3 is 1.92 bits per heavy atom. The summed E-state index contributed by atoms with van der Waals surface area (Å²) in [5.41, 5.74) is 10.1. The summed E-state index contributed by atoms with van der Waals surface area (Å²) in [6.07, 6.45) is 0. The van der Waals surface area contributed by atoms with Gasteiger partial charge in [-0.15, -0.1) is 0 Å². The molecule has 0 radical (unpaired) electrons. The monoisotopic (exact) mass is 640 g/mol. The van der Waals surface area contributed by atoms with Crippen LogP contribution in [0, 0.1) is 0 Å². The van der Waals surface area contributed by atoms with Gasteiger partial charge in [0, 0.05) is 43.7 Å². The van der Waals surface area contributed by atoms with Gasteiger partial charge in [0.2, 0.25) is 0 Å². The number of benzene rings is 8. The normalized spacial score (nSPS) is 12.0. The molecule has 4 heteroatoms. The highest BCUT2D eigenvalue weighted by molar-refractivity contribution is 6.19. The Bertz CT molecular complexity index is 3110. The van der Waals surface area contributed by atoms with Crippen molar-refractivity contribution in [2.24, 2.45) is 0 Å². The highest BCUT2D eigenvalue weighted by Gasteiger charge is 2.24. The van der Waals surface area contributed by atoms with Gasteiger partial charge in [-0.3, -0.25) is 0 Å². The molecule has 4 nitrogen and oxygen atoms in total. The molecule has 3 aromatic heterocycles. The first kappa shape index (κ1) is 27.2. The minimum absolute atomic E-state index is 0.855. The number of hydrogen-bond donors (Lipinski definition) is 0. The van der Waals surface area contributed by atoms with Crippen LogP contribution in [0.2, 0.25) is 0 Å². The van der Waals surface area contributed by atoms with E-state index in [1.165, 1.54) is 10.8 Å². The third kappa shape index (κ3) is 3.87. The van der Waals surface area contributed by atoms with E-state index in [4.69, 9.17) is 8.83 Å². The van der Waals surface area contributed by atoms with Gasteiger partial charge in [-0.25, -0.2) is 0 Å². The van der Waals surface area contributed by atoms with Crippen LogP contribution in [0.1, 0.15) is 0 Å². The minimum Gasteiger partial charge on any atom is -0.456 e. The topological polar surface area (TPSA) is 34.5 Å². The molecule has 0 aliphatic heterocycles. The molecule has 0 saturated heterocycles. The van der Waals surface area contributed by atoms with E-state index < -0.39 is 0 Å². The molecule has 0 fully saturated rings. The summed E-state index contributed by atoms with van der Waals surface area (Å²) in [5, 5.41) is 9.07. The highest BCUT2D eigenvalue weighted by atomic mass is 16.3. The van der Waals surface area contributed by atoms with Gasteiger partial charge >= 0.3 is 0 Å². The van der Waals surface area contributed by atoms with Crippen LogP contribution in [-0.4, -0.2) is 4.57 Å². The zero-order valence-electron chi connectivity index (χ0n) is 26.9. The molecule has 11 aromatic rings. The van der Waals surface area contributed by atoms with Crippen molar-refractivity contribution in [2.75, 3.05) is 4.90 Å². The van der Waals surface area contributed by atoms with Crippen LogP contribution >= 0.6 is 0 Å². The third-order valence-electron chi connectivity index (χ3n) is 10.1. The lowest BCUT2D eigenvalue weighted by Gasteiger charge is -2.27. The maximum absolute atomic E-state index is 6.71. The SMILES string of the molecule is c1ccc(-n2c3ccccc3c3c(N(c4ccc5cc6oc7ccccc7c6cc5c4)c4cccc5c4oc4ccccc45)cccc32)cc1. The molecule has 0 unspecified atom stereocenters. The van der Waals surface area contributed by atoms with E-state index in [0.717, 1.165) is 88.4 Å². The average Bonchev–Trinajstić information content (AvgIpc) is 3.84. The smallest absolute Gasteiger partial charge is 0.159 e. The summed E-state index contributed by atoms with van der Waals surface area (Å²) in [7, 11) is 0. The van der Waals surface area contributed by atoms with Crippen molar-refractivity contribution < 1.29 is 8.83 Å². The van der Waals surface area contributed by atoms with E-state index in [2.05, 4.69) is 155 Å². The van der Waals surface area contributed by atoms with E-state index in [-0.39, 0.29) is 0 Å². The quantitative estimate of drug-likeness (QED) is 0.192. The molecule has 234 valence electrons. The van der Waals surface area contributed by atoms with E-state index in [9.17, 15) is 0 Å². The van der Waals surface area contributed by atoms with Gasteiger partial charge in [0.15, 0.2) is 5.58 Å². The van der Waals surface area contributed by atoms with Crippen molar-refractivity contribution in [3.05, 3.63) is 170 Å². The van der Waals surface area contributed by atoms with E-state index >= 15 is 0 Å². The number of anilines is 3. The lowest BCUT2D eigenvalue weighted by molar-refractivity contribution is 0.669. The first-order valence-corrected chi connectivity index (χ1v) is 16.9. The van der Waals surface area contributed by atoms with Gasteiger partial charge in [-0.2, -0.15) is 0 Å². The molecule has 0 spiro atoms. The van der Waals surface area contributed by atoms with Gasteiger partial charge in [0.1, 0.15) is 16.7 Å². The van der Waals surface area contributed by atoms with Crippen LogP contribution < -0.4 is 4.90 Å². The molecule has 0 N–H and O–H groups in total. The first-order valence-electron chi connectivity index (χ1n) is 16.9. The second kappa shape index (κ2) is 10.4. The second-order valence-electron chi connectivity index (χ2n) is 12.9. The van der Waals surface area contributed by atoms with E-state index in [1.54, 1.807) is 0 Å². The fourth-order valence-corrected chi connectivity index (χ4v) is 7.95. The molecule has 0 aliphatic rings. The first-order chi connectivity index (χ1) is 24.8. The zero-order chi connectivity index (χ0) is 32.8. The maximum atomic E-state index is 6.71. The van der Waals surface area contributed by atoms with E-state index in [1.807, 2.05) is 24.3 Å². The third-order valence-corrected chi connectivity index (χ3v) is 10.1. The van der Waals surface area contributed by atoms with Crippen molar-refractivity contribution in [3.63, 3.8) is 0 Å². The zero-order valence-corrected chi connectivity index (χ0v) is 26.9. The van der Waals surface area contributed by atoms with Gasteiger partial charge in [0.05, 0.1) is 22.4 Å². The van der Waals surface area contributed by atoms with E-state index in [0.29, 0.717) is 0 Å². The molecular weight excluding hydrogens is 613 g/mol. The fraction of sp³-hybridized carbons (Fsp3) is 0. The van der Waals surface area contributed by atoms with Gasteiger partial charge in [-0.05, 0) is 83.6 Å². The number of nitrogens with zero attached hydrogens (tertiary/aromatic N) is 2. The Morgan fingerprint density at radius 2 is 1.06 bits per heavy atom. The molecule has 0 atom stereocenters. The van der Waals surface area contributed by atoms with Gasteiger partial charge in [0.25, 0.3) is 0 Å². The molecule has 0 amide bonds. The van der Waals surface area contributed by atoms with Crippen LogP contribution in [0.25, 0.3) is 82.1 Å². The maximum Gasteiger partial charge on any atom is 0.159 e. The molecule has 0 saturated carbocycles. The Labute approximate surface area is 286 Å². The lowest BCUT2D eigenvalue weighted by atomic mass is 10.0. The Hall–Kier alpha value is -6.78. The Balaban J connectivity index is 1.24. The van der Waals surface area contributed by atoms with Gasteiger partial charge in [-0.1, -0.05) is 97.1 Å². The Morgan fingerprint density at radius 1 is 0.400 bits per heavy atom. The van der Waals surface area contributed by atoms with Crippen LogP contribution in [0.3, 0.4) is 0 Å². The molecule has 3 heterocycles. The summed E-state index contributed by atoms with van der Waals surface area (Å²) in [5.74, 6) is 0. The lowest BCUT2D eigenvalue weighted by Crippen LogP contribution is -2.10. The van der Waals surface area contributed by atoms with Gasteiger partial charge < -0.3 is 18.3 Å². The van der Waals surface area contributed by atoms with Crippen molar-refractivity contribution in [1.29, 1.82) is 0 Å². The molecule has 50 heavy (non-hydrogen) atoms. The summed E-state index contributed by atoms with van der Waals surface area (Å²) in [6, 6.07) is 60.1. The predicted octanol–water partition coefficient (Wildman–Crippen LogP) is 13.2. The number of rotatable bonds is 4. The summed E-state index contributed by atoms with van der Waals surface area (Å²) < 4.78 is 15.3. The highest BCUT2D eigenvalue weighted by Crippen LogP contribution is 2.47.